The number of nitrogens with zero attached hydrogens (tertiary/aromatic N) is 1. The molecular weight excluding hydrogens is 236 g/mol. The van der Waals surface area contributed by atoms with Gasteiger partial charge in [-0.05, 0) is 55.7 Å². The Labute approximate surface area is 114 Å². The highest BCUT2D eigenvalue weighted by Gasteiger charge is 2.38. The first-order chi connectivity index (χ1) is 9.06. The Bertz CT molecular complexity index is 512. The molecule has 2 aliphatic rings. The van der Waals surface area contributed by atoms with Crippen LogP contribution in [0.1, 0.15) is 40.7 Å². The maximum Gasteiger partial charge on any atom is 0.254 e. The molecular formula is C16H22N2O. The molecule has 1 amide bonds. The van der Waals surface area contributed by atoms with Crippen LogP contribution in [-0.4, -0.2) is 23.9 Å². The molecule has 0 aromatic heterocycles. The number of nitrogens with two attached hydrogens (primary N) is 1. The minimum absolute atomic E-state index is 0.165. The van der Waals surface area contributed by atoms with Crippen molar-refractivity contribution in [2.24, 2.45) is 11.8 Å². The summed E-state index contributed by atoms with van der Waals surface area (Å²) < 4.78 is 0. The number of fused-ring (bicyclic) bond motifs is 1. The van der Waals surface area contributed by atoms with E-state index in [2.05, 4.69) is 0 Å². The zero-order valence-corrected chi connectivity index (χ0v) is 11.8. The molecule has 0 bridgehead atoms. The molecule has 1 aliphatic carbocycles. The molecule has 1 aromatic carbocycles. The highest BCUT2D eigenvalue weighted by molar-refractivity contribution is 5.97. The maximum absolute atomic E-state index is 12.6. The maximum atomic E-state index is 12.6. The molecule has 1 heterocycles. The van der Waals surface area contributed by atoms with Gasteiger partial charge in [-0.3, -0.25) is 4.79 Å². The Hall–Kier alpha value is -1.51. The van der Waals surface area contributed by atoms with E-state index in [1.54, 1.807) is 0 Å². The van der Waals surface area contributed by atoms with Gasteiger partial charge in [-0.1, -0.05) is 12.5 Å². The Balaban J connectivity index is 1.83. The normalized spacial score (nSPS) is 25.7. The van der Waals surface area contributed by atoms with Gasteiger partial charge in [-0.15, -0.1) is 0 Å². The monoisotopic (exact) mass is 258 g/mol. The van der Waals surface area contributed by atoms with Crippen LogP contribution in [0.4, 0.5) is 5.69 Å². The van der Waals surface area contributed by atoms with Crippen molar-refractivity contribution in [2.75, 3.05) is 18.8 Å². The van der Waals surface area contributed by atoms with Crippen LogP contribution < -0.4 is 5.73 Å². The number of benzene rings is 1. The minimum Gasteiger partial charge on any atom is -0.398 e. The number of carbonyl (C=O) groups excluding carboxylic acids is 1. The number of anilines is 1. The van der Waals surface area contributed by atoms with Gasteiger partial charge < -0.3 is 10.6 Å². The van der Waals surface area contributed by atoms with Crippen molar-refractivity contribution in [3.63, 3.8) is 0 Å². The summed E-state index contributed by atoms with van der Waals surface area (Å²) in [7, 11) is 0. The van der Waals surface area contributed by atoms with Crippen LogP contribution >= 0.6 is 0 Å². The third kappa shape index (κ3) is 2.11. The van der Waals surface area contributed by atoms with Gasteiger partial charge in [0.2, 0.25) is 0 Å². The van der Waals surface area contributed by atoms with E-state index in [1.165, 1.54) is 19.3 Å². The predicted molar refractivity (Wildman–Crippen MR) is 77.1 cm³/mol. The van der Waals surface area contributed by atoms with Gasteiger partial charge in [0.1, 0.15) is 0 Å². The smallest absolute Gasteiger partial charge is 0.254 e. The molecule has 1 saturated heterocycles. The van der Waals surface area contributed by atoms with Crippen LogP contribution in [0, 0.1) is 25.7 Å². The SMILES string of the molecule is Cc1cc(C)c(C(=O)N2CC3CCCC3C2)cc1N. The summed E-state index contributed by atoms with van der Waals surface area (Å²) in [5.41, 5.74) is 9.53. The van der Waals surface area contributed by atoms with E-state index in [0.717, 1.165) is 41.6 Å². The van der Waals surface area contributed by atoms with E-state index < -0.39 is 0 Å². The number of hydrogen-bond acceptors (Lipinski definition) is 2. The fourth-order valence-corrected chi connectivity index (χ4v) is 3.67. The lowest BCUT2D eigenvalue weighted by Gasteiger charge is -2.19. The molecule has 3 heteroatoms. The predicted octanol–water partition coefficient (Wildman–Crippen LogP) is 2.76. The Morgan fingerprint density at radius 3 is 2.42 bits per heavy atom. The quantitative estimate of drug-likeness (QED) is 0.787. The highest BCUT2D eigenvalue weighted by atomic mass is 16.2. The second-order valence-corrected chi connectivity index (χ2v) is 6.18. The summed E-state index contributed by atoms with van der Waals surface area (Å²) in [5, 5.41) is 0. The minimum atomic E-state index is 0.165. The molecule has 1 saturated carbocycles. The number of aryl methyl sites for hydroxylation is 2. The first kappa shape index (κ1) is 12.5. The number of rotatable bonds is 1. The van der Waals surface area contributed by atoms with Gasteiger partial charge in [0.25, 0.3) is 5.91 Å². The van der Waals surface area contributed by atoms with Crippen LogP contribution in [-0.2, 0) is 0 Å². The van der Waals surface area contributed by atoms with Crippen LogP contribution in [0.15, 0.2) is 12.1 Å². The molecule has 1 aliphatic heterocycles. The molecule has 2 atom stereocenters. The van der Waals surface area contributed by atoms with Crippen molar-refractivity contribution < 1.29 is 4.79 Å². The van der Waals surface area contributed by atoms with Crippen LogP contribution in [0.3, 0.4) is 0 Å². The molecule has 3 rings (SSSR count). The van der Waals surface area contributed by atoms with E-state index in [0.29, 0.717) is 5.69 Å². The number of carbonyl (C=O) groups is 1. The van der Waals surface area contributed by atoms with Gasteiger partial charge in [0, 0.05) is 24.3 Å². The lowest BCUT2D eigenvalue weighted by atomic mass is 10.0. The molecule has 1 aromatic rings. The molecule has 102 valence electrons. The van der Waals surface area contributed by atoms with Gasteiger partial charge in [0.05, 0.1) is 0 Å². The summed E-state index contributed by atoms with van der Waals surface area (Å²) in [4.78, 5) is 14.7. The molecule has 19 heavy (non-hydrogen) atoms. The van der Waals surface area contributed by atoms with Gasteiger partial charge >= 0.3 is 0 Å². The summed E-state index contributed by atoms with van der Waals surface area (Å²) in [6.45, 7) is 5.86. The van der Waals surface area contributed by atoms with Gasteiger partial charge in [-0.25, -0.2) is 0 Å². The van der Waals surface area contributed by atoms with Gasteiger partial charge in [0.15, 0.2) is 0 Å². The largest absolute Gasteiger partial charge is 0.398 e. The van der Waals surface area contributed by atoms with Crippen molar-refractivity contribution in [3.05, 3.63) is 28.8 Å². The standard InChI is InChI=1S/C16H22N2O/c1-10-6-11(2)15(17)7-14(10)16(19)18-8-12-4-3-5-13(12)9-18/h6-7,12-13H,3-5,8-9,17H2,1-2H3. The third-order valence-electron chi connectivity index (χ3n) is 4.86. The lowest BCUT2D eigenvalue weighted by Crippen LogP contribution is -2.30. The lowest BCUT2D eigenvalue weighted by molar-refractivity contribution is 0.0780. The molecule has 0 spiro atoms. The third-order valence-corrected chi connectivity index (χ3v) is 4.86. The zero-order chi connectivity index (χ0) is 13.6. The molecule has 0 radical (unpaired) electrons. The van der Waals surface area contributed by atoms with Crippen molar-refractivity contribution in [1.29, 1.82) is 0 Å². The van der Waals surface area contributed by atoms with E-state index in [4.69, 9.17) is 5.73 Å². The van der Waals surface area contributed by atoms with Crippen molar-refractivity contribution in [3.8, 4) is 0 Å². The van der Waals surface area contributed by atoms with Crippen molar-refractivity contribution in [2.45, 2.75) is 33.1 Å². The summed E-state index contributed by atoms with van der Waals surface area (Å²) in [6, 6.07) is 3.86. The second kappa shape index (κ2) is 4.55. The van der Waals surface area contributed by atoms with E-state index in [-0.39, 0.29) is 5.91 Å². The average Bonchev–Trinajstić information content (AvgIpc) is 2.93. The summed E-state index contributed by atoms with van der Waals surface area (Å²) in [5.74, 6) is 1.65. The Morgan fingerprint density at radius 2 is 1.79 bits per heavy atom. The first-order valence-corrected chi connectivity index (χ1v) is 7.22. The Morgan fingerprint density at radius 1 is 1.16 bits per heavy atom. The summed E-state index contributed by atoms with van der Waals surface area (Å²) >= 11 is 0. The fourth-order valence-electron chi connectivity index (χ4n) is 3.67. The number of amides is 1. The van der Waals surface area contributed by atoms with Gasteiger partial charge in [-0.2, -0.15) is 0 Å². The van der Waals surface area contributed by atoms with E-state index >= 15 is 0 Å². The molecule has 3 nitrogen and oxygen atoms in total. The first-order valence-electron chi connectivity index (χ1n) is 7.22. The topological polar surface area (TPSA) is 46.3 Å². The zero-order valence-electron chi connectivity index (χ0n) is 11.8. The van der Waals surface area contributed by atoms with Crippen molar-refractivity contribution in [1.82, 2.24) is 4.90 Å². The number of hydrogen-bond donors (Lipinski definition) is 1. The number of likely N-dealkylation sites (tertiary alicyclic amines) is 1. The highest BCUT2D eigenvalue weighted by Crippen LogP contribution is 2.38. The van der Waals surface area contributed by atoms with Crippen LogP contribution in [0.25, 0.3) is 0 Å². The molecule has 2 unspecified atom stereocenters. The van der Waals surface area contributed by atoms with E-state index in [1.807, 2.05) is 30.9 Å². The van der Waals surface area contributed by atoms with Crippen molar-refractivity contribution >= 4 is 11.6 Å². The summed E-state index contributed by atoms with van der Waals surface area (Å²) in [6.07, 6.45) is 3.93. The second-order valence-electron chi connectivity index (χ2n) is 6.18. The van der Waals surface area contributed by atoms with Crippen LogP contribution in [0.2, 0.25) is 0 Å². The average molecular weight is 258 g/mol. The van der Waals surface area contributed by atoms with Crippen LogP contribution in [0.5, 0.6) is 0 Å². The fraction of sp³-hybridized carbons (Fsp3) is 0.562. The van der Waals surface area contributed by atoms with E-state index in [9.17, 15) is 4.79 Å². The number of nitrogen functional groups attached to an aromatic ring is 1. The molecule has 2 fully saturated rings. The molecule has 2 N–H and O–H groups in total. The Kier molecular flexibility index (Phi) is 3.00.